The van der Waals surface area contributed by atoms with Crippen LogP contribution in [0.1, 0.15) is 35.6 Å². The van der Waals surface area contributed by atoms with E-state index in [0.717, 1.165) is 67.1 Å². The standard InChI is InChI=1S/C50H54N4O14/c55-25-39-43(57)45(59)47(61)49(67-39)65-21-1-19-63-33-11-3-27(4-12-33)41-35-15-7-29(51-35)23-31-9-17-37(53-31)42(38-18-10-32(54-38)24-30-8-16-36(41)52-30)28-5-13-34(14-6-28)64-20-2-22-66-50-48(62)46(60)44(58)40(26-56)68-50/h3-18,23-24,39-40,43-51,54-62H,1-2,19-22,25-26H2. The maximum atomic E-state index is 10.2. The van der Waals surface area contributed by atoms with Gasteiger partial charge in [-0.15, -0.1) is 0 Å². The molecule has 2 aromatic carbocycles. The molecule has 3 aromatic heterocycles. The van der Waals surface area contributed by atoms with Crippen LogP contribution in [0.5, 0.6) is 11.5 Å². The predicted octanol–water partition coefficient (Wildman–Crippen LogP) is 3.16. The second-order valence-corrected chi connectivity index (χ2v) is 16.8. The number of aromatic amines is 2. The smallest absolute Gasteiger partial charge is 0.186 e. The van der Waals surface area contributed by atoms with Crippen LogP contribution in [0.25, 0.3) is 68.6 Å². The lowest BCUT2D eigenvalue weighted by Gasteiger charge is -2.39. The van der Waals surface area contributed by atoms with E-state index in [-0.39, 0.29) is 13.2 Å². The van der Waals surface area contributed by atoms with Crippen molar-refractivity contribution in [2.75, 3.05) is 39.6 Å². The van der Waals surface area contributed by atoms with Crippen molar-refractivity contribution in [3.8, 4) is 33.8 Å². The van der Waals surface area contributed by atoms with E-state index in [1.54, 1.807) is 0 Å². The summed E-state index contributed by atoms with van der Waals surface area (Å²) in [7, 11) is 0. The highest BCUT2D eigenvalue weighted by molar-refractivity contribution is 5.93. The van der Waals surface area contributed by atoms with Gasteiger partial charge in [-0.2, -0.15) is 0 Å². The first-order chi connectivity index (χ1) is 33.1. The highest BCUT2D eigenvalue weighted by Crippen LogP contribution is 2.34. The molecule has 4 aliphatic heterocycles. The molecule has 2 saturated heterocycles. The van der Waals surface area contributed by atoms with Crippen LogP contribution in [-0.4, -0.2) is 162 Å². The van der Waals surface area contributed by atoms with Crippen molar-refractivity contribution in [1.82, 2.24) is 19.9 Å². The third kappa shape index (κ3) is 10.4. The van der Waals surface area contributed by atoms with Crippen LogP contribution in [0.15, 0.2) is 84.9 Å². The predicted molar refractivity (Wildman–Crippen MR) is 249 cm³/mol. The molecule has 4 aliphatic rings. The van der Waals surface area contributed by atoms with E-state index in [2.05, 4.69) is 9.97 Å². The molecule has 68 heavy (non-hydrogen) atoms. The molecule has 0 spiro atoms. The van der Waals surface area contributed by atoms with Crippen LogP contribution in [0.4, 0.5) is 0 Å². The maximum Gasteiger partial charge on any atom is 0.186 e. The number of fused-ring (bicyclic) bond motifs is 8. The number of aliphatic hydroxyl groups excluding tert-OH is 8. The first-order valence-electron chi connectivity index (χ1n) is 22.5. The Kier molecular flexibility index (Phi) is 14.7. The molecular formula is C50H54N4O14. The molecule has 2 fully saturated rings. The number of hydrogen-bond acceptors (Lipinski definition) is 16. The van der Waals surface area contributed by atoms with Gasteiger partial charge >= 0.3 is 0 Å². The summed E-state index contributed by atoms with van der Waals surface area (Å²) < 4.78 is 33.9. The van der Waals surface area contributed by atoms with Gasteiger partial charge in [0.1, 0.15) is 60.3 Å². The zero-order valence-corrected chi connectivity index (χ0v) is 36.7. The molecular weight excluding hydrogens is 881 g/mol. The fourth-order valence-corrected chi connectivity index (χ4v) is 8.42. The summed E-state index contributed by atoms with van der Waals surface area (Å²) in [6.45, 7) is -0.178. The van der Waals surface area contributed by atoms with Gasteiger partial charge in [-0.3, -0.25) is 0 Å². The van der Waals surface area contributed by atoms with E-state index in [9.17, 15) is 40.9 Å². The van der Waals surface area contributed by atoms with Crippen LogP contribution < -0.4 is 9.47 Å². The molecule has 0 amide bonds. The SMILES string of the molecule is OCC1OC(OCCCOc2ccc(-c3c4nc(cc5ccc([nH]5)c(-c5ccc(OCCCOC6OC(CO)C(O)C(O)C6O)cc5)c5nc(cc6ccc3[nH]6)C=C5)C=C4)cc2)C(O)C(O)C1O. The van der Waals surface area contributed by atoms with E-state index in [0.29, 0.717) is 37.6 Å². The van der Waals surface area contributed by atoms with Crippen molar-refractivity contribution in [3.63, 3.8) is 0 Å². The summed E-state index contributed by atoms with van der Waals surface area (Å²) in [6, 6.07) is 27.4. The lowest BCUT2D eigenvalue weighted by Crippen LogP contribution is -2.59. The summed E-state index contributed by atoms with van der Waals surface area (Å²) in [6.07, 6.45) is -4.47. The lowest BCUT2D eigenvalue weighted by molar-refractivity contribution is -0.301. The van der Waals surface area contributed by atoms with Crippen LogP contribution in [0, 0.1) is 0 Å². The topological polar surface area (TPSA) is 275 Å². The minimum Gasteiger partial charge on any atom is -0.494 e. The number of hydrogen-bond donors (Lipinski definition) is 10. The monoisotopic (exact) mass is 934 g/mol. The van der Waals surface area contributed by atoms with Crippen molar-refractivity contribution >= 4 is 46.4 Å². The average molecular weight is 935 g/mol. The summed E-state index contributed by atoms with van der Waals surface area (Å²) in [5.74, 6) is 1.27. The molecule has 9 rings (SSSR count). The molecule has 0 radical (unpaired) electrons. The van der Waals surface area contributed by atoms with Crippen molar-refractivity contribution in [2.45, 2.75) is 74.3 Å². The number of ether oxygens (including phenoxy) is 6. The third-order valence-corrected chi connectivity index (χ3v) is 12.1. The molecule has 18 heteroatoms. The summed E-state index contributed by atoms with van der Waals surface area (Å²) in [5, 5.41) is 79.4. The number of aromatic nitrogens is 4. The Labute approximate surface area is 390 Å². The van der Waals surface area contributed by atoms with Crippen molar-refractivity contribution in [3.05, 3.63) is 108 Å². The second kappa shape index (κ2) is 21.2. The Morgan fingerprint density at radius 1 is 0.471 bits per heavy atom. The molecule has 358 valence electrons. The quantitative estimate of drug-likeness (QED) is 0.0624. The number of nitrogens with zero attached hydrogens (tertiary/aromatic N) is 2. The number of nitrogens with one attached hydrogen (secondary N) is 2. The van der Waals surface area contributed by atoms with Crippen molar-refractivity contribution < 1.29 is 69.3 Å². The molecule has 8 bridgehead atoms. The lowest BCUT2D eigenvalue weighted by atomic mass is 9.99. The Hall–Kier alpha value is -5.84. The van der Waals surface area contributed by atoms with E-state index >= 15 is 0 Å². The van der Waals surface area contributed by atoms with Gasteiger partial charge in [-0.1, -0.05) is 24.3 Å². The maximum absolute atomic E-state index is 10.2. The van der Waals surface area contributed by atoms with Crippen LogP contribution >= 0.6 is 0 Å². The van der Waals surface area contributed by atoms with Crippen LogP contribution in [0.3, 0.4) is 0 Å². The molecule has 10 atom stereocenters. The zero-order valence-electron chi connectivity index (χ0n) is 36.7. The number of rotatable bonds is 16. The molecule has 10 unspecified atom stereocenters. The summed E-state index contributed by atoms with van der Waals surface area (Å²) in [4.78, 5) is 17.2. The third-order valence-electron chi connectivity index (χ3n) is 12.1. The van der Waals surface area contributed by atoms with E-state index in [1.807, 2.05) is 109 Å². The average Bonchev–Trinajstić information content (AvgIpc) is 4.20. The fraction of sp³-hybridized carbons (Fsp3) is 0.360. The number of benzene rings is 2. The van der Waals surface area contributed by atoms with Gasteiger partial charge in [0.2, 0.25) is 0 Å². The fourth-order valence-electron chi connectivity index (χ4n) is 8.42. The van der Waals surface area contributed by atoms with Gasteiger partial charge in [0, 0.05) is 46.0 Å². The van der Waals surface area contributed by atoms with Gasteiger partial charge in [0.15, 0.2) is 12.6 Å². The normalized spacial score (nSPS) is 25.7. The van der Waals surface area contributed by atoms with E-state index < -0.39 is 74.6 Å². The van der Waals surface area contributed by atoms with Gasteiger partial charge in [-0.05, 0) is 96.1 Å². The van der Waals surface area contributed by atoms with Gasteiger partial charge in [0.05, 0.1) is 62.4 Å². The van der Waals surface area contributed by atoms with Gasteiger partial charge in [-0.25, -0.2) is 9.97 Å². The van der Waals surface area contributed by atoms with Gasteiger partial charge < -0.3 is 79.2 Å². The van der Waals surface area contributed by atoms with Crippen LogP contribution in [-0.2, 0) is 18.9 Å². The highest BCUT2D eigenvalue weighted by Gasteiger charge is 2.45. The minimum atomic E-state index is -1.50. The Morgan fingerprint density at radius 3 is 1.28 bits per heavy atom. The Balaban J connectivity index is 0.896. The highest BCUT2D eigenvalue weighted by atomic mass is 16.7. The molecule has 10 N–H and O–H groups in total. The zero-order chi connectivity index (χ0) is 47.3. The van der Waals surface area contributed by atoms with E-state index in [1.165, 1.54) is 0 Å². The first-order valence-corrected chi connectivity index (χ1v) is 22.5. The van der Waals surface area contributed by atoms with Crippen LogP contribution in [0.2, 0.25) is 0 Å². The minimum absolute atomic E-state index is 0.144. The Morgan fingerprint density at radius 2 is 0.882 bits per heavy atom. The summed E-state index contributed by atoms with van der Waals surface area (Å²) >= 11 is 0. The molecule has 5 aromatic rings. The Bertz CT molecular complexity index is 2550. The van der Waals surface area contributed by atoms with Crippen molar-refractivity contribution in [1.29, 1.82) is 0 Å². The molecule has 18 nitrogen and oxygen atoms in total. The molecule has 0 aliphatic carbocycles. The van der Waals surface area contributed by atoms with Gasteiger partial charge in [0.25, 0.3) is 0 Å². The van der Waals surface area contributed by atoms with Crippen molar-refractivity contribution in [2.24, 2.45) is 0 Å². The summed E-state index contributed by atoms with van der Waals surface area (Å²) in [5.41, 5.74) is 10.1. The number of H-pyrrole nitrogens is 2. The first kappa shape index (κ1) is 47.2. The molecule has 7 heterocycles. The molecule has 0 saturated carbocycles. The largest absolute Gasteiger partial charge is 0.494 e. The second-order valence-electron chi connectivity index (χ2n) is 16.8. The number of aliphatic hydroxyl groups is 8. The van der Waals surface area contributed by atoms with E-state index in [4.69, 9.17) is 38.4 Å².